The van der Waals surface area contributed by atoms with Gasteiger partial charge < -0.3 is 34.9 Å². The molecule has 4 aromatic carbocycles. The molecule has 0 aliphatic heterocycles. The zero-order chi connectivity index (χ0) is 32.9. The molecular formula is C36H39N3O7. The van der Waals surface area contributed by atoms with E-state index < -0.39 is 17.6 Å². The molecule has 3 amide bonds. The number of amides is 3. The van der Waals surface area contributed by atoms with Crippen LogP contribution in [0.15, 0.2) is 97.1 Å². The average molecular weight is 626 g/mol. The first kappa shape index (κ1) is 33.4. The van der Waals surface area contributed by atoms with Crippen molar-refractivity contribution in [3.8, 4) is 17.2 Å². The Bertz CT molecular complexity index is 1620. The quantitative estimate of drug-likeness (QED) is 0.136. The van der Waals surface area contributed by atoms with E-state index in [0.717, 1.165) is 5.56 Å². The van der Waals surface area contributed by atoms with Gasteiger partial charge in [0.2, 0.25) is 0 Å². The third-order valence-corrected chi connectivity index (χ3v) is 6.47. The second kappa shape index (κ2) is 16.0. The third-order valence-electron chi connectivity index (χ3n) is 6.47. The molecule has 4 rings (SSSR count). The van der Waals surface area contributed by atoms with Crippen LogP contribution in [-0.4, -0.2) is 43.8 Å². The maximum atomic E-state index is 13.6. The van der Waals surface area contributed by atoms with E-state index in [0.29, 0.717) is 53.8 Å². The molecule has 0 bridgehead atoms. The van der Waals surface area contributed by atoms with E-state index in [9.17, 15) is 14.4 Å². The van der Waals surface area contributed by atoms with Gasteiger partial charge in [0.1, 0.15) is 29.5 Å². The Kier molecular flexibility index (Phi) is 11.6. The second-order valence-electron chi connectivity index (χ2n) is 11.2. The van der Waals surface area contributed by atoms with Gasteiger partial charge in [-0.1, -0.05) is 42.5 Å². The van der Waals surface area contributed by atoms with Crippen LogP contribution in [0.2, 0.25) is 0 Å². The maximum Gasteiger partial charge on any atom is 0.407 e. The summed E-state index contributed by atoms with van der Waals surface area (Å²) in [5, 5.41) is 8.45. The molecule has 10 heteroatoms. The highest BCUT2D eigenvalue weighted by molar-refractivity contribution is 6.10. The molecule has 0 atom stereocenters. The van der Waals surface area contributed by atoms with Gasteiger partial charge in [-0.3, -0.25) is 9.59 Å². The molecule has 0 saturated heterocycles. The van der Waals surface area contributed by atoms with Crippen molar-refractivity contribution in [2.75, 3.05) is 30.9 Å². The van der Waals surface area contributed by atoms with E-state index in [1.807, 2.05) is 30.3 Å². The lowest BCUT2D eigenvalue weighted by atomic mass is 10.1. The minimum Gasteiger partial charge on any atom is -0.497 e. The van der Waals surface area contributed by atoms with Crippen molar-refractivity contribution in [1.82, 2.24) is 5.32 Å². The number of hydrogen-bond donors (Lipinski definition) is 3. The Morgan fingerprint density at radius 1 is 0.717 bits per heavy atom. The van der Waals surface area contributed by atoms with Crippen LogP contribution < -0.4 is 30.2 Å². The summed E-state index contributed by atoms with van der Waals surface area (Å²) >= 11 is 0. The minimum absolute atomic E-state index is 0.215. The van der Waals surface area contributed by atoms with Crippen LogP contribution in [0.1, 0.15) is 53.5 Å². The fourth-order valence-corrected chi connectivity index (χ4v) is 4.23. The van der Waals surface area contributed by atoms with E-state index in [-0.39, 0.29) is 18.1 Å². The summed E-state index contributed by atoms with van der Waals surface area (Å²) in [7, 11) is 1.56. The van der Waals surface area contributed by atoms with Crippen LogP contribution in [0, 0.1) is 0 Å². The molecule has 10 nitrogen and oxygen atoms in total. The highest BCUT2D eigenvalue weighted by Gasteiger charge is 2.18. The van der Waals surface area contributed by atoms with E-state index in [1.165, 1.54) is 0 Å². The van der Waals surface area contributed by atoms with Crippen molar-refractivity contribution in [2.24, 2.45) is 0 Å². The van der Waals surface area contributed by atoms with E-state index in [4.69, 9.17) is 18.9 Å². The van der Waals surface area contributed by atoms with Gasteiger partial charge in [-0.05, 0) is 81.3 Å². The zero-order valence-electron chi connectivity index (χ0n) is 26.4. The summed E-state index contributed by atoms with van der Waals surface area (Å²) < 4.78 is 22.4. The van der Waals surface area contributed by atoms with E-state index in [2.05, 4.69) is 16.0 Å². The normalized spacial score (nSPS) is 10.8. The van der Waals surface area contributed by atoms with Crippen molar-refractivity contribution >= 4 is 29.3 Å². The number of benzene rings is 4. The van der Waals surface area contributed by atoms with Gasteiger partial charge in [0, 0.05) is 18.2 Å². The number of ether oxygens (including phenoxy) is 4. The molecule has 0 aliphatic carbocycles. The molecular weight excluding hydrogens is 586 g/mol. The number of carbonyl (C=O) groups excluding carboxylic acids is 3. The fraction of sp³-hybridized carbons (Fsp3) is 0.250. The summed E-state index contributed by atoms with van der Waals surface area (Å²) in [6.07, 6.45) is -0.0445. The Balaban J connectivity index is 1.46. The molecule has 46 heavy (non-hydrogen) atoms. The molecule has 0 heterocycles. The lowest BCUT2D eigenvalue weighted by Crippen LogP contribution is -2.33. The van der Waals surface area contributed by atoms with Crippen molar-refractivity contribution < 1.29 is 33.3 Å². The van der Waals surface area contributed by atoms with Crippen molar-refractivity contribution in [3.63, 3.8) is 0 Å². The second-order valence-corrected chi connectivity index (χ2v) is 11.2. The number of rotatable bonds is 13. The Hall–Kier alpha value is -5.51. The predicted octanol–water partition coefficient (Wildman–Crippen LogP) is 7.07. The van der Waals surface area contributed by atoms with Crippen LogP contribution in [0.25, 0.3) is 0 Å². The lowest BCUT2D eigenvalue weighted by Gasteiger charge is -2.19. The van der Waals surface area contributed by atoms with Crippen molar-refractivity contribution in [1.29, 1.82) is 0 Å². The number of methoxy groups -OCH3 is 1. The first-order valence-corrected chi connectivity index (χ1v) is 14.9. The molecule has 3 N–H and O–H groups in total. The fourth-order valence-electron chi connectivity index (χ4n) is 4.23. The molecule has 0 radical (unpaired) electrons. The van der Waals surface area contributed by atoms with Crippen LogP contribution in [0.4, 0.5) is 16.2 Å². The van der Waals surface area contributed by atoms with Crippen molar-refractivity contribution in [3.05, 3.63) is 114 Å². The molecule has 0 fully saturated rings. The lowest BCUT2D eigenvalue weighted by molar-refractivity contribution is 0.0525. The topological polar surface area (TPSA) is 124 Å². The molecule has 4 aromatic rings. The van der Waals surface area contributed by atoms with E-state index >= 15 is 0 Å². The summed E-state index contributed by atoms with van der Waals surface area (Å²) in [6.45, 7) is 6.26. The van der Waals surface area contributed by atoms with Crippen LogP contribution in [0.3, 0.4) is 0 Å². The SMILES string of the molecule is COc1ccc(C(=O)Nc2ccccc2NC(=O)c2ccc(OCc3ccccc3)cc2OCCCNC(=O)OC(C)(C)C)cc1. The number of para-hydroxylation sites is 2. The van der Waals surface area contributed by atoms with Gasteiger partial charge in [0.05, 0.1) is 30.7 Å². The Labute approximate surface area is 269 Å². The molecule has 0 saturated carbocycles. The molecule has 0 spiro atoms. The number of alkyl carbamates (subject to hydrolysis) is 1. The molecule has 240 valence electrons. The first-order chi connectivity index (χ1) is 22.1. The smallest absolute Gasteiger partial charge is 0.407 e. The summed E-state index contributed by atoms with van der Waals surface area (Å²) in [5.41, 5.74) is 1.93. The van der Waals surface area contributed by atoms with Gasteiger partial charge in [-0.2, -0.15) is 0 Å². The van der Waals surface area contributed by atoms with Gasteiger partial charge in [0.25, 0.3) is 11.8 Å². The van der Waals surface area contributed by atoms with Crippen molar-refractivity contribution in [2.45, 2.75) is 39.4 Å². The van der Waals surface area contributed by atoms with Gasteiger partial charge in [0.15, 0.2) is 0 Å². The highest BCUT2D eigenvalue weighted by atomic mass is 16.6. The van der Waals surface area contributed by atoms with Gasteiger partial charge in [-0.15, -0.1) is 0 Å². The number of anilines is 2. The van der Waals surface area contributed by atoms with Crippen LogP contribution in [0.5, 0.6) is 17.2 Å². The maximum absolute atomic E-state index is 13.6. The molecule has 0 unspecified atom stereocenters. The van der Waals surface area contributed by atoms with Crippen LogP contribution >= 0.6 is 0 Å². The number of nitrogens with one attached hydrogen (secondary N) is 3. The number of carbonyl (C=O) groups is 3. The summed E-state index contributed by atoms with van der Waals surface area (Å²) in [6, 6.07) is 28.3. The summed E-state index contributed by atoms with van der Waals surface area (Å²) in [4.78, 5) is 38.5. The Morgan fingerprint density at radius 2 is 1.35 bits per heavy atom. The zero-order valence-corrected chi connectivity index (χ0v) is 26.4. The summed E-state index contributed by atoms with van der Waals surface area (Å²) in [5.74, 6) is 0.684. The standard InChI is InChI=1S/C36H39N3O7/c1-36(2,3)46-35(42)37-21-10-22-44-32-23-28(45-24-25-11-6-5-7-12-25)19-20-29(32)34(41)39-31-14-9-8-13-30(31)38-33(40)26-15-17-27(43-4)18-16-26/h5-9,11-20,23H,10,21-22,24H2,1-4H3,(H,37,42)(H,38,40)(H,39,41). The Morgan fingerprint density at radius 3 is 2.00 bits per heavy atom. The monoisotopic (exact) mass is 625 g/mol. The first-order valence-electron chi connectivity index (χ1n) is 14.9. The number of hydrogen-bond acceptors (Lipinski definition) is 7. The highest BCUT2D eigenvalue weighted by Crippen LogP contribution is 2.29. The van der Waals surface area contributed by atoms with Gasteiger partial charge >= 0.3 is 6.09 Å². The van der Waals surface area contributed by atoms with E-state index in [1.54, 1.807) is 94.6 Å². The predicted molar refractivity (Wildman–Crippen MR) is 177 cm³/mol. The van der Waals surface area contributed by atoms with Gasteiger partial charge in [-0.25, -0.2) is 4.79 Å². The molecule has 0 aliphatic rings. The molecule has 0 aromatic heterocycles. The largest absolute Gasteiger partial charge is 0.497 e. The minimum atomic E-state index is -0.597. The average Bonchev–Trinajstić information content (AvgIpc) is 3.04. The third kappa shape index (κ3) is 10.3. The van der Waals surface area contributed by atoms with Crippen LogP contribution in [-0.2, 0) is 11.3 Å².